The first-order valence-electron chi connectivity index (χ1n) is 7.83. The van der Waals surface area contributed by atoms with Crippen LogP contribution in [0.5, 0.6) is 0 Å². The molecule has 0 bridgehead atoms. The van der Waals surface area contributed by atoms with Gasteiger partial charge in [-0.2, -0.15) is 5.10 Å². The fourth-order valence-electron chi connectivity index (χ4n) is 2.70. The van der Waals surface area contributed by atoms with E-state index < -0.39 is 0 Å². The first-order valence-corrected chi connectivity index (χ1v) is 7.83. The summed E-state index contributed by atoms with van der Waals surface area (Å²) in [6.45, 7) is 6.43. The van der Waals surface area contributed by atoms with Gasteiger partial charge in [0.2, 0.25) is 5.91 Å². The lowest BCUT2D eigenvalue weighted by Gasteiger charge is -2.14. The number of benzene rings is 2. The quantitative estimate of drug-likeness (QED) is 0.801. The summed E-state index contributed by atoms with van der Waals surface area (Å²) in [6.07, 6.45) is 0. The maximum absolute atomic E-state index is 12.5. The van der Waals surface area contributed by atoms with Crippen LogP contribution >= 0.6 is 0 Å². The van der Waals surface area contributed by atoms with Crippen LogP contribution in [0.15, 0.2) is 48.5 Å². The zero-order valence-electron chi connectivity index (χ0n) is 13.7. The molecule has 0 radical (unpaired) electrons. The Morgan fingerprint density at radius 3 is 2.57 bits per heavy atom. The molecule has 0 saturated carbocycles. The van der Waals surface area contributed by atoms with E-state index in [9.17, 15) is 4.79 Å². The molecule has 23 heavy (non-hydrogen) atoms. The summed E-state index contributed by atoms with van der Waals surface area (Å²) in [6, 6.07) is 15.8. The fourth-order valence-corrected chi connectivity index (χ4v) is 2.70. The van der Waals surface area contributed by atoms with Crippen molar-refractivity contribution in [1.29, 1.82) is 0 Å². The van der Waals surface area contributed by atoms with Crippen LogP contribution in [0, 0.1) is 13.8 Å². The molecule has 0 spiro atoms. The number of carbonyl (C=O) groups is 1. The molecule has 2 aromatic carbocycles. The van der Waals surface area contributed by atoms with Crippen molar-refractivity contribution in [3.8, 4) is 0 Å². The molecule has 1 heterocycles. The van der Waals surface area contributed by atoms with E-state index in [4.69, 9.17) is 0 Å². The maximum atomic E-state index is 12.5. The number of rotatable bonds is 4. The highest BCUT2D eigenvalue weighted by atomic mass is 16.2. The van der Waals surface area contributed by atoms with Gasteiger partial charge in [0, 0.05) is 11.9 Å². The van der Waals surface area contributed by atoms with Crippen molar-refractivity contribution in [3.05, 3.63) is 65.4 Å². The highest BCUT2D eigenvalue weighted by Gasteiger charge is 2.18. The Kier molecular flexibility index (Phi) is 4.15. The standard InChI is InChI=1S/C19H21N3O/c1-13-8-10-16(11-9-13)12-20-19(23)15(3)22-18-7-5-4-6-17(18)14(2)21-22/h4-11,15H,12H2,1-3H3,(H,20,23). The molecule has 0 aliphatic carbocycles. The Hall–Kier alpha value is -2.62. The number of aryl methyl sites for hydroxylation is 2. The molecule has 118 valence electrons. The predicted molar refractivity (Wildman–Crippen MR) is 92.2 cm³/mol. The zero-order chi connectivity index (χ0) is 16.4. The van der Waals surface area contributed by atoms with E-state index in [0.717, 1.165) is 22.2 Å². The minimum Gasteiger partial charge on any atom is -0.350 e. The average Bonchev–Trinajstić information content (AvgIpc) is 2.91. The minimum atomic E-state index is -0.348. The van der Waals surface area contributed by atoms with Crippen LogP contribution in [-0.4, -0.2) is 15.7 Å². The SMILES string of the molecule is Cc1ccc(CNC(=O)C(C)n2nc(C)c3ccccc32)cc1. The van der Waals surface area contributed by atoms with Gasteiger partial charge in [0.15, 0.2) is 0 Å². The number of fused-ring (bicyclic) bond motifs is 1. The van der Waals surface area contributed by atoms with Crippen molar-refractivity contribution in [2.45, 2.75) is 33.4 Å². The molecule has 1 amide bonds. The predicted octanol–water partition coefficient (Wildman–Crippen LogP) is 3.53. The van der Waals surface area contributed by atoms with Crippen LogP contribution in [0.25, 0.3) is 10.9 Å². The van der Waals surface area contributed by atoms with Gasteiger partial charge in [-0.15, -0.1) is 0 Å². The molecule has 3 rings (SSSR count). The lowest BCUT2D eigenvalue weighted by atomic mass is 10.1. The van der Waals surface area contributed by atoms with Crippen molar-refractivity contribution in [2.24, 2.45) is 0 Å². The van der Waals surface area contributed by atoms with Crippen LogP contribution in [0.1, 0.15) is 29.8 Å². The highest BCUT2D eigenvalue weighted by Crippen LogP contribution is 2.21. The van der Waals surface area contributed by atoms with Crippen LogP contribution in [0.4, 0.5) is 0 Å². The van der Waals surface area contributed by atoms with Gasteiger partial charge in [-0.05, 0) is 32.4 Å². The number of carbonyl (C=O) groups excluding carboxylic acids is 1. The topological polar surface area (TPSA) is 46.9 Å². The normalized spacial score (nSPS) is 12.3. The van der Waals surface area contributed by atoms with E-state index in [1.54, 1.807) is 4.68 Å². The summed E-state index contributed by atoms with van der Waals surface area (Å²) in [7, 11) is 0. The summed E-state index contributed by atoms with van der Waals surface area (Å²) in [4.78, 5) is 12.5. The molecule has 0 aliphatic heterocycles. The summed E-state index contributed by atoms with van der Waals surface area (Å²) >= 11 is 0. The third-order valence-corrected chi connectivity index (χ3v) is 4.13. The van der Waals surface area contributed by atoms with E-state index in [1.165, 1.54) is 5.56 Å². The second kappa shape index (κ2) is 6.24. The van der Waals surface area contributed by atoms with Gasteiger partial charge in [0.05, 0.1) is 11.2 Å². The highest BCUT2D eigenvalue weighted by molar-refractivity contribution is 5.86. The molecule has 0 fully saturated rings. The first-order chi connectivity index (χ1) is 11.1. The minimum absolute atomic E-state index is 0.0289. The summed E-state index contributed by atoms with van der Waals surface area (Å²) in [5.41, 5.74) is 4.24. The molecule has 1 N–H and O–H groups in total. The van der Waals surface area contributed by atoms with E-state index in [-0.39, 0.29) is 11.9 Å². The fraction of sp³-hybridized carbons (Fsp3) is 0.263. The van der Waals surface area contributed by atoms with Gasteiger partial charge in [-0.1, -0.05) is 48.0 Å². The first kappa shape index (κ1) is 15.3. The molecule has 0 saturated heterocycles. The van der Waals surface area contributed by atoms with Crippen LogP contribution in [0.2, 0.25) is 0 Å². The van der Waals surface area contributed by atoms with E-state index >= 15 is 0 Å². The van der Waals surface area contributed by atoms with Gasteiger partial charge in [0.1, 0.15) is 6.04 Å². The molecule has 4 nitrogen and oxygen atoms in total. The summed E-state index contributed by atoms with van der Waals surface area (Å²) in [5, 5.41) is 8.61. The van der Waals surface area contributed by atoms with Gasteiger partial charge in [0.25, 0.3) is 0 Å². The Morgan fingerprint density at radius 1 is 1.13 bits per heavy atom. The third-order valence-electron chi connectivity index (χ3n) is 4.13. The Morgan fingerprint density at radius 2 is 1.83 bits per heavy atom. The van der Waals surface area contributed by atoms with Gasteiger partial charge in [-0.25, -0.2) is 0 Å². The molecule has 1 aromatic heterocycles. The number of hydrogen-bond acceptors (Lipinski definition) is 2. The van der Waals surface area contributed by atoms with E-state index in [1.807, 2.05) is 50.2 Å². The average molecular weight is 307 g/mol. The Balaban J connectivity index is 1.75. The van der Waals surface area contributed by atoms with Gasteiger partial charge in [-0.3, -0.25) is 9.48 Å². The van der Waals surface area contributed by atoms with Crippen molar-refractivity contribution >= 4 is 16.8 Å². The summed E-state index contributed by atoms with van der Waals surface area (Å²) < 4.78 is 1.80. The number of hydrogen-bond donors (Lipinski definition) is 1. The lowest BCUT2D eigenvalue weighted by molar-refractivity contribution is -0.124. The molecular formula is C19H21N3O. The van der Waals surface area contributed by atoms with E-state index in [2.05, 4.69) is 29.5 Å². The second-order valence-corrected chi connectivity index (χ2v) is 5.93. The summed E-state index contributed by atoms with van der Waals surface area (Å²) in [5.74, 6) is -0.0289. The Labute approximate surface area is 136 Å². The van der Waals surface area contributed by atoms with Crippen molar-refractivity contribution in [1.82, 2.24) is 15.1 Å². The smallest absolute Gasteiger partial charge is 0.244 e. The zero-order valence-corrected chi connectivity index (χ0v) is 13.7. The van der Waals surface area contributed by atoms with Crippen LogP contribution in [-0.2, 0) is 11.3 Å². The lowest BCUT2D eigenvalue weighted by Crippen LogP contribution is -2.31. The van der Waals surface area contributed by atoms with Crippen molar-refractivity contribution in [2.75, 3.05) is 0 Å². The van der Waals surface area contributed by atoms with Crippen molar-refractivity contribution < 1.29 is 4.79 Å². The van der Waals surface area contributed by atoms with Crippen molar-refractivity contribution in [3.63, 3.8) is 0 Å². The maximum Gasteiger partial charge on any atom is 0.244 e. The molecule has 1 unspecified atom stereocenters. The molecule has 0 aliphatic rings. The monoisotopic (exact) mass is 307 g/mol. The second-order valence-electron chi connectivity index (χ2n) is 5.93. The number of para-hydroxylation sites is 1. The number of amides is 1. The number of nitrogens with zero attached hydrogens (tertiary/aromatic N) is 2. The molecular weight excluding hydrogens is 286 g/mol. The number of nitrogens with one attached hydrogen (secondary N) is 1. The molecule has 4 heteroatoms. The van der Waals surface area contributed by atoms with Gasteiger partial charge < -0.3 is 5.32 Å². The van der Waals surface area contributed by atoms with Crippen LogP contribution in [0.3, 0.4) is 0 Å². The Bertz CT molecular complexity index is 833. The molecule has 3 aromatic rings. The third kappa shape index (κ3) is 3.11. The number of aromatic nitrogens is 2. The van der Waals surface area contributed by atoms with Crippen LogP contribution < -0.4 is 5.32 Å². The van der Waals surface area contributed by atoms with Gasteiger partial charge >= 0.3 is 0 Å². The molecule has 1 atom stereocenters. The largest absolute Gasteiger partial charge is 0.350 e. The van der Waals surface area contributed by atoms with E-state index in [0.29, 0.717) is 6.54 Å².